The van der Waals surface area contributed by atoms with Crippen LogP contribution >= 0.6 is 0 Å². The molecule has 0 spiro atoms. The van der Waals surface area contributed by atoms with Gasteiger partial charge in [0, 0.05) is 19.7 Å². The standard InChI is InChI=1S/C30H32FN5O3/c1-21-7-2-3-8-22(21)16-17-35(28(37)20-36-27-11-5-4-10-26(27)33-34-36)29(23-12-14-24(31)15-13-23)30(38)32-19-25-9-6-18-39-25/h2-5,7-8,10-15,25,29H,6,9,16-20H2,1H3,(H,32,38). The van der Waals surface area contributed by atoms with Crippen LogP contribution in [0.1, 0.15) is 35.6 Å². The number of fused-ring (bicyclic) bond motifs is 1. The highest BCUT2D eigenvalue weighted by Gasteiger charge is 2.32. The SMILES string of the molecule is Cc1ccccc1CCN(C(=O)Cn1nnc2ccccc21)C(C(=O)NCC1CCCO1)c1ccc(F)cc1. The lowest BCUT2D eigenvalue weighted by molar-refractivity contribution is -0.141. The van der Waals surface area contributed by atoms with E-state index in [4.69, 9.17) is 4.74 Å². The van der Waals surface area contributed by atoms with Gasteiger partial charge in [-0.3, -0.25) is 9.59 Å². The summed E-state index contributed by atoms with van der Waals surface area (Å²) in [5.41, 5.74) is 4.13. The molecule has 0 aliphatic carbocycles. The first-order chi connectivity index (χ1) is 19.0. The highest BCUT2D eigenvalue weighted by molar-refractivity contribution is 5.89. The van der Waals surface area contributed by atoms with Crippen LogP contribution in [0.5, 0.6) is 0 Å². The first-order valence-electron chi connectivity index (χ1n) is 13.3. The molecule has 1 N–H and O–H groups in total. The highest BCUT2D eigenvalue weighted by Crippen LogP contribution is 2.24. The number of para-hydroxylation sites is 1. The summed E-state index contributed by atoms with van der Waals surface area (Å²) in [5, 5.41) is 11.3. The molecule has 1 aliphatic rings. The summed E-state index contributed by atoms with van der Waals surface area (Å²) in [6.45, 7) is 3.24. The molecule has 2 amide bonds. The van der Waals surface area contributed by atoms with Gasteiger partial charge < -0.3 is 15.0 Å². The Morgan fingerprint density at radius 1 is 1.10 bits per heavy atom. The van der Waals surface area contributed by atoms with E-state index < -0.39 is 11.9 Å². The van der Waals surface area contributed by atoms with Gasteiger partial charge in [-0.05, 0) is 67.1 Å². The maximum Gasteiger partial charge on any atom is 0.247 e. The van der Waals surface area contributed by atoms with Crippen molar-refractivity contribution in [1.29, 1.82) is 0 Å². The number of nitrogens with one attached hydrogen (secondary N) is 1. The zero-order valence-corrected chi connectivity index (χ0v) is 21.9. The number of ether oxygens (including phenoxy) is 1. The highest BCUT2D eigenvalue weighted by atomic mass is 19.1. The van der Waals surface area contributed by atoms with E-state index >= 15 is 0 Å². The number of hydrogen-bond acceptors (Lipinski definition) is 5. The number of benzene rings is 3. The van der Waals surface area contributed by atoms with Crippen molar-refractivity contribution in [3.63, 3.8) is 0 Å². The molecule has 5 rings (SSSR count). The van der Waals surface area contributed by atoms with Crippen LogP contribution in [0.4, 0.5) is 4.39 Å². The van der Waals surface area contributed by atoms with Gasteiger partial charge in [0.15, 0.2) is 0 Å². The molecule has 8 nitrogen and oxygen atoms in total. The van der Waals surface area contributed by atoms with Crippen LogP contribution < -0.4 is 5.32 Å². The van der Waals surface area contributed by atoms with E-state index in [1.165, 1.54) is 12.1 Å². The quantitative estimate of drug-likeness (QED) is 0.336. The number of carbonyl (C=O) groups is 2. The molecule has 3 aromatic carbocycles. The molecule has 2 atom stereocenters. The zero-order valence-electron chi connectivity index (χ0n) is 21.9. The summed E-state index contributed by atoms with van der Waals surface area (Å²) < 4.78 is 21.1. The van der Waals surface area contributed by atoms with Crippen LogP contribution in [-0.2, 0) is 27.3 Å². The van der Waals surface area contributed by atoms with Crippen molar-refractivity contribution >= 4 is 22.8 Å². The molecule has 4 aromatic rings. The average molecular weight is 530 g/mol. The van der Waals surface area contributed by atoms with Crippen LogP contribution in [0, 0.1) is 12.7 Å². The Kier molecular flexibility index (Phi) is 8.27. The molecule has 0 saturated carbocycles. The van der Waals surface area contributed by atoms with Gasteiger partial charge in [0.1, 0.15) is 23.9 Å². The van der Waals surface area contributed by atoms with Crippen LogP contribution in [0.25, 0.3) is 11.0 Å². The predicted molar refractivity (Wildman–Crippen MR) is 145 cm³/mol. The van der Waals surface area contributed by atoms with Gasteiger partial charge in [0.05, 0.1) is 11.6 Å². The molecule has 0 bridgehead atoms. The third-order valence-electron chi connectivity index (χ3n) is 7.18. The third kappa shape index (κ3) is 6.31. The third-order valence-corrected chi connectivity index (χ3v) is 7.18. The number of aryl methyl sites for hydroxylation is 1. The van der Waals surface area contributed by atoms with E-state index in [9.17, 15) is 14.0 Å². The molecule has 9 heteroatoms. The van der Waals surface area contributed by atoms with E-state index in [0.717, 1.165) is 29.5 Å². The van der Waals surface area contributed by atoms with E-state index in [-0.39, 0.29) is 31.0 Å². The Morgan fingerprint density at radius 2 is 1.87 bits per heavy atom. The van der Waals surface area contributed by atoms with Gasteiger partial charge in [-0.15, -0.1) is 5.10 Å². The number of carbonyl (C=O) groups excluding carboxylic acids is 2. The number of aromatic nitrogens is 3. The van der Waals surface area contributed by atoms with Gasteiger partial charge >= 0.3 is 0 Å². The Hall–Kier alpha value is -4.11. The first kappa shape index (κ1) is 26.5. The van der Waals surface area contributed by atoms with E-state index in [2.05, 4.69) is 15.6 Å². The monoisotopic (exact) mass is 529 g/mol. The van der Waals surface area contributed by atoms with E-state index in [0.29, 0.717) is 30.7 Å². The maximum atomic E-state index is 14.0. The number of hydrogen-bond donors (Lipinski definition) is 1. The molecule has 1 aliphatic heterocycles. The minimum absolute atomic E-state index is 0.0551. The van der Waals surface area contributed by atoms with Gasteiger partial charge in [-0.1, -0.05) is 53.7 Å². The molecular formula is C30H32FN5O3. The summed E-state index contributed by atoms with van der Waals surface area (Å²) in [6, 6.07) is 20.2. The summed E-state index contributed by atoms with van der Waals surface area (Å²) >= 11 is 0. The van der Waals surface area contributed by atoms with Gasteiger partial charge in [-0.2, -0.15) is 0 Å². The molecule has 2 unspecified atom stereocenters. The van der Waals surface area contributed by atoms with Crippen molar-refractivity contribution in [2.75, 3.05) is 19.7 Å². The van der Waals surface area contributed by atoms with Crippen LogP contribution in [0.15, 0.2) is 72.8 Å². The Labute approximate surface area is 226 Å². The molecule has 202 valence electrons. The number of rotatable bonds is 10. The van der Waals surface area contributed by atoms with Gasteiger partial charge in [0.25, 0.3) is 0 Å². The first-order valence-corrected chi connectivity index (χ1v) is 13.3. The molecule has 1 aromatic heterocycles. The van der Waals surface area contributed by atoms with E-state index in [1.807, 2.05) is 55.5 Å². The molecular weight excluding hydrogens is 497 g/mol. The van der Waals surface area contributed by atoms with Crippen molar-refractivity contribution in [3.8, 4) is 0 Å². The number of nitrogens with zero attached hydrogens (tertiary/aromatic N) is 4. The van der Waals surface area contributed by atoms with Crippen molar-refractivity contribution < 1.29 is 18.7 Å². The Bertz CT molecular complexity index is 1430. The van der Waals surface area contributed by atoms with Crippen LogP contribution in [-0.4, -0.2) is 57.5 Å². The summed E-state index contributed by atoms with van der Waals surface area (Å²) in [6.07, 6.45) is 2.32. The Balaban J connectivity index is 1.47. The maximum absolute atomic E-state index is 14.0. The van der Waals surface area contributed by atoms with Crippen molar-refractivity contribution in [3.05, 3.63) is 95.3 Å². The van der Waals surface area contributed by atoms with Crippen molar-refractivity contribution in [2.45, 2.75) is 44.9 Å². The zero-order chi connectivity index (χ0) is 27.2. The van der Waals surface area contributed by atoms with Gasteiger partial charge in [-0.25, -0.2) is 9.07 Å². The minimum atomic E-state index is -0.960. The van der Waals surface area contributed by atoms with Crippen LogP contribution in [0.3, 0.4) is 0 Å². The predicted octanol–water partition coefficient (Wildman–Crippen LogP) is 3.99. The number of halogens is 1. The fourth-order valence-electron chi connectivity index (χ4n) is 5.02. The summed E-state index contributed by atoms with van der Waals surface area (Å²) in [7, 11) is 0. The van der Waals surface area contributed by atoms with Crippen molar-refractivity contribution in [1.82, 2.24) is 25.2 Å². The Morgan fingerprint density at radius 3 is 2.64 bits per heavy atom. The fraction of sp³-hybridized carbons (Fsp3) is 0.333. The topological polar surface area (TPSA) is 89.4 Å². The largest absolute Gasteiger partial charge is 0.376 e. The fourth-order valence-corrected chi connectivity index (χ4v) is 5.02. The average Bonchev–Trinajstić information content (AvgIpc) is 3.62. The van der Waals surface area contributed by atoms with Crippen molar-refractivity contribution in [2.24, 2.45) is 0 Å². The lowest BCUT2D eigenvalue weighted by atomic mass is 10.0. The lowest BCUT2D eigenvalue weighted by Crippen LogP contribution is -2.47. The summed E-state index contributed by atoms with van der Waals surface area (Å²) in [4.78, 5) is 29.3. The molecule has 0 radical (unpaired) electrons. The van der Waals surface area contributed by atoms with E-state index in [1.54, 1.807) is 21.7 Å². The summed E-state index contributed by atoms with van der Waals surface area (Å²) in [5.74, 6) is -1.04. The molecule has 2 heterocycles. The second kappa shape index (κ2) is 12.2. The number of amides is 2. The molecule has 1 saturated heterocycles. The second-order valence-corrected chi connectivity index (χ2v) is 9.83. The lowest BCUT2D eigenvalue weighted by Gasteiger charge is -2.32. The second-order valence-electron chi connectivity index (χ2n) is 9.83. The smallest absolute Gasteiger partial charge is 0.247 e. The molecule has 39 heavy (non-hydrogen) atoms. The minimum Gasteiger partial charge on any atom is -0.376 e. The van der Waals surface area contributed by atoms with Gasteiger partial charge in [0.2, 0.25) is 11.8 Å². The molecule has 1 fully saturated rings. The van der Waals surface area contributed by atoms with Crippen LogP contribution in [0.2, 0.25) is 0 Å². The normalized spacial score (nSPS) is 15.8.